The first-order valence-electron chi connectivity index (χ1n) is 5.59. The number of hydrogen-bond donors (Lipinski definition) is 1. The Bertz CT molecular complexity index is 790. The second-order valence-electron chi connectivity index (χ2n) is 4.05. The van der Waals surface area contributed by atoms with Gasteiger partial charge in [-0.05, 0) is 35.9 Å². The summed E-state index contributed by atoms with van der Waals surface area (Å²) in [6.45, 7) is 0. The zero-order valence-corrected chi connectivity index (χ0v) is 11.9. The number of aromatic carboxylic acids is 1. The lowest BCUT2D eigenvalue weighted by atomic mass is 10.2. The van der Waals surface area contributed by atoms with Crippen LogP contribution in [0, 0.1) is 5.82 Å². The molecule has 0 spiro atoms. The molecule has 5 nitrogen and oxygen atoms in total. The maximum absolute atomic E-state index is 13.0. The van der Waals surface area contributed by atoms with Crippen LogP contribution in [-0.4, -0.2) is 14.4 Å². The van der Waals surface area contributed by atoms with E-state index in [0.29, 0.717) is 0 Å². The van der Waals surface area contributed by atoms with E-state index in [9.17, 15) is 22.7 Å². The molecule has 0 heterocycles. The number of halogens is 2. The van der Waals surface area contributed by atoms with Gasteiger partial charge in [-0.3, -0.25) is 4.72 Å². The molecular weight excluding hydrogens is 321 g/mol. The molecule has 0 atom stereocenters. The summed E-state index contributed by atoms with van der Waals surface area (Å²) < 4.78 is 39.3. The lowest BCUT2D eigenvalue weighted by Gasteiger charge is -2.09. The molecule has 8 heteroatoms. The van der Waals surface area contributed by atoms with Crippen LogP contribution >= 0.6 is 11.6 Å². The highest BCUT2D eigenvalue weighted by Crippen LogP contribution is 2.22. The van der Waals surface area contributed by atoms with Crippen molar-refractivity contribution in [1.29, 1.82) is 0 Å². The molecule has 2 aromatic carbocycles. The van der Waals surface area contributed by atoms with Crippen LogP contribution in [0.15, 0.2) is 47.4 Å². The van der Waals surface area contributed by atoms with Crippen LogP contribution in [0.25, 0.3) is 0 Å². The first-order chi connectivity index (χ1) is 9.79. The van der Waals surface area contributed by atoms with E-state index < -0.39 is 21.8 Å². The number of sulfonamides is 1. The van der Waals surface area contributed by atoms with E-state index >= 15 is 0 Å². The summed E-state index contributed by atoms with van der Waals surface area (Å²) in [5.74, 6) is -2.07. The highest BCUT2D eigenvalue weighted by Gasteiger charge is 2.15. The van der Waals surface area contributed by atoms with E-state index in [1.165, 1.54) is 6.07 Å². The van der Waals surface area contributed by atoms with Gasteiger partial charge in [0.2, 0.25) is 0 Å². The number of anilines is 1. The van der Waals surface area contributed by atoms with Crippen LogP contribution in [0.1, 0.15) is 10.4 Å². The van der Waals surface area contributed by atoms with Crippen molar-refractivity contribution in [2.24, 2.45) is 0 Å². The average Bonchev–Trinajstić information content (AvgIpc) is 2.43. The summed E-state index contributed by atoms with van der Waals surface area (Å²) in [6, 6.07) is 7.85. The zero-order valence-electron chi connectivity index (χ0n) is 10.3. The number of nitrogens with one attached hydrogen (secondary N) is 1. The SMILES string of the molecule is O=C([O-])c1ccc(S(=O)(=O)Nc2ccc(F)c(Cl)c2)cc1. The smallest absolute Gasteiger partial charge is 0.261 e. The predicted octanol–water partition coefficient (Wildman–Crippen LogP) is 1.64. The molecule has 0 saturated heterocycles. The minimum Gasteiger partial charge on any atom is -0.545 e. The molecule has 0 aromatic heterocycles. The van der Waals surface area contributed by atoms with Crippen LogP contribution in [0.5, 0.6) is 0 Å². The minimum absolute atomic E-state index is 0.0883. The van der Waals surface area contributed by atoms with Gasteiger partial charge in [0.15, 0.2) is 0 Å². The first kappa shape index (κ1) is 15.3. The fraction of sp³-hybridized carbons (Fsp3) is 0. The normalized spacial score (nSPS) is 11.1. The fourth-order valence-corrected chi connectivity index (χ4v) is 2.77. The highest BCUT2D eigenvalue weighted by molar-refractivity contribution is 7.92. The van der Waals surface area contributed by atoms with E-state index in [1.54, 1.807) is 0 Å². The van der Waals surface area contributed by atoms with Crippen molar-refractivity contribution in [3.8, 4) is 0 Å². The van der Waals surface area contributed by atoms with Gasteiger partial charge in [0, 0.05) is 0 Å². The minimum atomic E-state index is -3.93. The Morgan fingerprint density at radius 2 is 1.76 bits per heavy atom. The molecule has 0 radical (unpaired) electrons. The number of carbonyl (C=O) groups is 1. The Kier molecular flexibility index (Phi) is 4.15. The lowest BCUT2D eigenvalue weighted by molar-refractivity contribution is -0.255. The summed E-state index contributed by atoms with van der Waals surface area (Å²) in [4.78, 5) is 10.5. The van der Waals surface area contributed by atoms with Gasteiger partial charge in [-0.25, -0.2) is 12.8 Å². The Balaban J connectivity index is 2.29. The van der Waals surface area contributed by atoms with Gasteiger partial charge in [0.05, 0.1) is 21.6 Å². The average molecular weight is 329 g/mol. The Hall–Kier alpha value is -2.12. The van der Waals surface area contributed by atoms with Gasteiger partial charge in [-0.1, -0.05) is 23.7 Å². The van der Waals surface area contributed by atoms with Crippen molar-refractivity contribution in [2.45, 2.75) is 4.90 Å². The molecular formula is C13H8ClFNO4S-. The standard InChI is InChI=1S/C13H9ClFNO4S/c14-11-7-9(3-6-12(11)15)16-21(19,20)10-4-1-8(2-5-10)13(17)18/h1-7,16H,(H,17,18)/p-1. The number of benzene rings is 2. The Morgan fingerprint density at radius 3 is 2.29 bits per heavy atom. The van der Waals surface area contributed by atoms with Gasteiger partial charge in [-0.15, -0.1) is 0 Å². The van der Waals surface area contributed by atoms with Crippen LogP contribution in [0.2, 0.25) is 5.02 Å². The Morgan fingerprint density at radius 1 is 1.14 bits per heavy atom. The van der Waals surface area contributed by atoms with Crippen LogP contribution in [0.3, 0.4) is 0 Å². The van der Waals surface area contributed by atoms with Crippen molar-refractivity contribution in [3.63, 3.8) is 0 Å². The second-order valence-corrected chi connectivity index (χ2v) is 6.14. The molecule has 0 saturated carbocycles. The van der Waals surface area contributed by atoms with E-state index in [4.69, 9.17) is 11.6 Å². The number of carboxylic acid groups (broad SMARTS) is 1. The monoisotopic (exact) mass is 328 g/mol. The van der Waals surface area contributed by atoms with Gasteiger partial charge < -0.3 is 9.90 Å². The van der Waals surface area contributed by atoms with Crippen LogP contribution in [-0.2, 0) is 10.0 Å². The van der Waals surface area contributed by atoms with Crippen molar-refractivity contribution < 1.29 is 22.7 Å². The van der Waals surface area contributed by atoms with Gasteiger partial charge in [-0.2, -0.15) is 0 Å². The summed E-state index contributed by atoms with van der Waals surface area (Å²) in [7, 11) is -3.93. The fourth-order valence-electron chi connectivity index (χ4n) is 1.54. The predicted molar refractivity (Wildman–Crippen MR) is 73.0 cm³/mol. The molecule has 0 aliphatic heterocycles. The second kappa shape index (κ2) is 5.71. The topological polar surface area (TPSA) is 86.3 Å². The summed E-state index contributed by atoms with van der Waals surface area (Å²) in [5.41, 5.74) is -0.0517. The molecule has 0 bridgehead atoms. The first-order valence-corrected chi connectivity index (χ1v) is 7.45. The van der Waals surface area contributed by atoms with Crippen molar-refractivity contribution in [2.75, 3.05) is 4.72 Å². The Labute approximate surface area is 125 Å². The summed E-state index contributed by atoms with van der Waals surface area (Å²) >= 11 is 5.56. The van der Waals surface area contributed by atoms with Gasteiger partial charge in [0.1, 0.15) is 5.82 Å². The molecule has 21 heavy (non-hydrogen) atoms. The largest absolute Gasteiger partial charge is 0.545 e. The van der Waals surface area contributed by atoms with Crippen LogP contribution in [0.4, 0.5) is 10.1 Å². The molecule has 110 valence electrons. The summed E-state index contributed by atoms with van der Waals surface area (Å²) in [6.07, 6.45) is 0. The molecule has 2 aromatic rings. The van der Waals surface area contributed by atoms with Crippen molar-refractivity contribution in [1.82, 2.24) is 0 Å². The molecule has 0 aliphatic rings. The number of hydrogen-bond acceptors (Lipinski definition) is 4. The quantitative estimate of drug-likeness (QED) is 0.924. The van der Waals surface area contributed by atoms with E-state index in [2.05, 4.69) is 4.72 Å². The van der Waals surface area contributed by atoms with E-state index in [1.807, 2.05) is 0 Å². The van der Waals surface area contributed by atoms with Crippen molar-refractivity contribution >= 4 is 33.3 Å². The van der Waals surface area contributed by atoms with Crippen LogP contribution < -0.4 is 9.83 Å². The molecule has 2 rings (SSSR count). The molecule has 0 fully saturated rings. The maximum Gasteiger partial charge on any atom is 0.261 e. The zero-order chi connectivity index (χ0) is 15.6. The third kappa shape index (κ3) is 3.50. The third-order valence-corrected chi connectivity index (χ3v) is 4.26. The molecule has 0 aliphatic carbocycles. The van der Waals surface area contributed by atoms with Crippen molar-refractivity contribution in [3.05, 3.63) is 58.9 Å². The lowest BCUT2D eigenvalue weighted by Crippen LogP contribution is -2.22. The molecule has 1 N–H and O–H groups in total. The third-order valence-electron chi connectivity index (χ3n) is 2.57. The number of rotatable bonds is 4. The van der Waals surface area contributed by atoms with E-state index in [-0.39, 0.29) is 21.2 Å². The van der Waals surface area contributed by atoms with Gasteiger partial charge in [0.25, 0.3) is 10.0 Å². The number of carbonyl (C=O) groups excluding carboxylic acids is 1. The van der Waals surface area contributed by atoms with E-state index in [0.717, 1.165) is 36.4 Å². The highest BCUT2D eigenvalue weighted by atomic mass is 35.5. The molecule has 0 unspecified atom stereocenters. The van der Waals surface area contributed by atoms with Gasteiger partial charge >= 0.3 is 0 Å². The maximum atomic E-state index is 13.0. The summed E-state index contributed by atoms with van der Waals surface area (Å²) in [5, 5.41) is 10.4. The number of carboxylic acids is 1. The molecule has 0 amide bonds.